The number of para-hydroxylation sites is 1. The number of carbonyl (C=O) groups excluding carboxylic acids is 1. The van der Waals surface area contributed by atoms with Gasteiger partial charge in [0.25, 0.3) is 5.91 Å². The fourth-order valence-electron chi connectivity index (χ4n) is 3.21. The molecule has 1 aromatic heterocycles. The lowest BCUT2D eigenvalue weighted by molar-refractivity contribution is 0.0985. The second kappa shape index (κ2) is 11.3. The number of halogens is 2. The van der Waals surface area contributed by atoms with Crippen molar-refractivity contribution < 1.29 is 23.4 Å². The third-order valence-electron chi connectivity index (χ3n) is 4.73. The van der Waals surface area contributed by atoms with Crippen LogP contribution >= 0.6 is 23.7 Å². The quantitative estimate of drug-likeness (QED) is 0.447. The smallest absolute Gasteiger partial charge is 0.260 e. The van der Waals surface area contributed by atoms with E-state index in [2.05, 4.69) is 4.98 Å². The van der Waals surface area contributed by atoms with Gasteiger partial charge in [0.1, 0.15) is 11.3 Å². The molecule has 0 spiro atoms. The highest BCUT2D eigenvalue weighted by molar-refractivity contribution is 7.22. The standard InChI is InChI=1S/C22H26FN3O4S.ClH/c1-25(2)10-7-11-26(22-24-19-15(23)8-6-9-18(19)31-22)21(27)14-12-16(28-3)20(30-5)17(13-14)29-4;/h6,8-9,12-13H,7,10-11H2,1-5H3;1H. The van der Waals surface area contributed by atoms with Gasteiger partial charge in [-0.3, -0.25) is 9.69 Å². The van der Waals surface area contributed by atoms with E-state index in [1.807, 2.05) is 19.0 Å². The summed E-state index contributed by atoms with van der Waals surface area (Å²) in [6, 6.07) is 8.01. The predicted molar refractivity (Wildman–Crippen MR) is 128 cm³/mol. The van der Waals surface area contributed by atoms with Crippen LogP contribution in [0.15, 0.2) is 30.3 Å². The van der Waals surface area contributed by atoms with Gasteiger partial charge in [0.2, 0.25) is 5.75 Å². The number of ether oxygens (including phenoxy) is 3. The van der Waals surface area contributed by atoms with Gasteiger partial charge in [-0.15, -0.1) is 12.4 Å². The summed E-state index contributed by atoms with van der Waals surface area (Å²) >= 11 is 1.28. The second-order valence-corrected chi connectivity index (χ2v) is 8.12. The minimum Gasteiger partial charge on any atom is -0.493 e. The number of nitrogens with zero attached hydrogens (tertiary/aromatic N) is 3. The first-order chi connectivity index (χ1) is 14.9. The number of hydrogen-bond acceptors (Lipinski definition) is 7. The SMILES string of the molecule is COc1cc(C(=O)N(CCCN(C)C)c2nc3c(F)cccc3s2)cc(OC)c1OC.Cl. The Morgan fingerprint density at radius 1 is 1.06 bits per heavy atom. The van der Waals surface area contributed by atoms with Crippen LogP contribution in [0, 0.1) is 5.82 Å². The lowest BCUT2D eigenvalue weighted by Gasteiger charge is -2.22. The summed E-state index contributed by atoms with van der Waals surface area (Å²) < 4.78 is 31.0. The van der Waals surface area contributed by atoms with Gasteiger partial charge in [-0.2, -0.15) is 0 Å². The number of benzene rings is 2. The molecule has 0 saturated heterocycles. The van der Waals surface area contributed by atoms with E-state index in [1.54, 1.807) is 29.2 Å². The molecule has 0 aliphatic rings. The topological polar surface area (TPSA) is 64.1 Å². The molecule has 174 valence electrons. The molecule has 0 fully saturated rings. The fourth-order valence-corrected chi connectivity index (χ4v) is 4.21. The van der Waals surface area contributed by atoms with Crippen LogP contribution in [-0.4, -0.2) is 64.3 Å². The molecule has 3 aromatic rings. The van der Waals surface area contributed by atoms with Gasteiger partial charge in [0, 0.05) is 12.1 Å². The van der Waals surface area contributed by atoms with E-state index in [9.17, 15) is 9.18 Å². The van der Waals surface area contributed by atoms with Crippen molar-refractivity contribution >= 4 is 45.0 Å². The summed E-state index contributed by atoms with van der Waals surface area (Å²) in [7, 11) is 8.44. The van der Waals surface area contributed by atoms with Crippen molar-refractivity contribution in [2.24, 2.45) is 0 Å². The first-order valence-electron chi connectivity index (χ1n) is 9.71. The Bertz CT molecular complexity index is 1050. The van der Waals surface area contributed by atoms with Crippen LogP contribution < -0.4 is 19.1 Å². The molecular weight excluding hydrogens is 457 g/mol. The monoisotopic (exact) mass is 483 g/mol. The van der Waals surface area contributed by atoms with E-state index >= 15 is 0 Å². The molecule has 7 nitrogen and oxygen atoms in total. The molecule has 1 heterocycles. The van der Waals surface area contributed by atoms with Crippen LogP contribution in [0.2, 0.25) is 0 Å². The van der Waals surface area contributed by atoms with Crippen LogP contribution in [0.4, 0.5) is 9.52 Å². The number of fused-ring (bicyclic) bond motifs is 1. The number of anilines is 1. The lowest BCUT2D eigenvalue weighted by atomic mass is 10.1. The molecule has 3 rings (SSSR count). The Labute approximate surface area is 197 Å². The maximum Gasteiger partial charge on any atom is 0.260 e. The number of aromatic nitrogens is 1. The van der Waals surface area contributed by atoms with E-state index in [4.69, 9.17) is 14.2 Å². The van der Waals surface area contributed by atoms with Gasteiger partial charge < -0.3 is 19.1 Å². The summed E-state index contributed by atoms with van der Waals surface area (Å²) in [5.41, 5.74) is 0.622. The van der Waals surface area contributed by atoms with Gasteiger partial charge in [-0.1, -0.05) is 17.4 Å². The number of thiazole rings is 1. The maximum atomic E-state index is 14.2. The zero-order valence-electron chi connectivity index (χ0n) is 18.7. The predicted octanol–water partition coefficient (Wildman–Crippen LogP) is 4.48. The third kappa shape index (κ3) is 5.40. The molecule has 0 bridgehead atoms. The summed E-state index contributed by atoms with van der Waals surface area (Å²) in [6.45, 7) is 1.22. The molecule has 0 N–H and O–H groups in total. The third-order valence-corrected chi connectivity index (χ3v) is 5.78. The van der Waals surface area contributed by atoms with E-state index in [0.29, 0.717) is 39.2 Å². The molecule has 0 aliphatic carbocycles. The van der Waals surface area contributed by atoms with Crippen molar-refractivity contribution in [2.45, 2.75) is 6.42 Å². The number of amides is 1. The van der Waals surface area contributed by atoms with Gasteiger partial charge in [-0.05, 0) is 51.3 Å². The highest BCUT2D eigenvalue weighted by atomic mass is 35.5. The molecule has 0 saturated carbocycles. The van der Waals surface area contributed by atoms with Gasteiger partial charge in [0.05, 0.1) is 26.0 Å². The second-order valence-electron chi connectivity index (χ2n) is 7.11. The number of carbonyl (C=O) groups is 1. The Balaban J connectivity index is 0.00000363. The van der Waals surface area contributed by atoms with Crippen LogP contribution in [0.1, 0.15) is 16.8 Å². The molecular formula is C22H27ClFN3O4S. The van der Waals surface area contributed by atoms with Crippen molar-refractivity contribution in [2.75, 3.05) is 53.4 Å². The molecule has 1 amide bonds. The van der Waals surface area contributed by atoms with E-state index < -0.39 is 5.82 Å². The Morgan fingerprint density at radius 2 is 1.72 bits per heavy atom. The van der Waals surface area contributed by atoms with Crippen molar-refractivity contribution in [3.05, 3.63) is 41.7 Å². The summed E-state index contributed by atoms with van der Waals surface area (Å²) in [6.07, 6.45) is 0.724. The number of methoxy groups -OCH3 is 3. The zero-order valence-corrected chi connectivity index (χ0v) is 20.3. The zero-order chi connectivity index (χ0) is 22.5. The van der Waals surface area contributed by atoms with Gasteiger partial charge in [0.15, 0.2) is 16.6 Å². The summed E-state index contributed by atoms with van der Waals surface area (Å²) in [4.78, 5) is 21.6. The van der Waals surface area contributed by atoms with E-state index in [1.165, 1.54) is 38.7 Å². The van der Waals surface area contributed by atoms with Crippen molar-refractivity contribution in [3.8, 4) is 17.2 Å². The average molecular weight is 484 g/mol. The molecule has 10 heteroatoms. The van der Waals surface area contributed by atoms with Crippen molar-refractivity contribution in [1.82, 2.24) is 9.88 Å². The Morgan fingerprint density at radius 3 is 2.25 bits per heavy atom. The minimum atomic E-state index is -0.409. The fraction of sp³-hybridized carbons (Fsp3) is 0.364. The number of hydrogen-bond donors (Lipinski definition) is 0. The molecule has 0 atom stereocenters. The first-order valence-corrected chi connectivity index (χ1v) is 10.5. The first kappa shape index (κ1) is 25.6. The average Bonchev–Trinajstić information content (AvgIpc) is 3.20. The van der Waals surface area contributed by atoms with E-state index in [0.717, 1.165) is 13.0 Å². The largest absolute Gasteiger partial charge is 0.493 e. The Hall–Kier alpha value is -2.62. The van der Waals surface area contributed by atoms with Crippen LogP contribution in [-0.2, 0) is 0 Å². The van der Waals surface area contributed by atoms with Crippen molar-refractivity contribution in [1.29, 1.82) is 0 Å². The highest BCUT2D eigenvalue weighted by Gasteiger charge is 2.25. The van der Waals surface area contributed by atoms with Gasteiger partial charge in [-0.25, -0.2) is 9.37 Å². The van der Waals surface area contributed by atoms with Crippen LogP contribution in [0.25, 0.3) is 10.2 Å². The maximum absolute atomic E-state index is 14.2. The van der Waals surface area contributed by atoms with Crippen LogP contribution in [0.5, 0.6) is 17.2 Å². The lowest BCUT2D eigenvalue weighted by Crippen LogP contribution is -2.33. The molecule has 32 heavy (non-hydrogen) atoms. The summed E-state index contributed by atoms with van der Waals surface area (Å²) in [5.74, 6) is 0.483. The van der Waals surface area contributed by atoms with Gasteiger partial charge >= 0.3 is 0 Å². The molecule has 0 radical (unpaired) electrons. The molecule has 0 aliphatic heterocycles. The normalized spacial score (nSPS) is 10.7. The summed E-state index contributed by atoms with van der Waals surface area (Å²) in [5, 5.41) is 0.442. The van der Waals surface area contributed by atoms with E-state index in [-0.39, 0.29) is 23.8 Å². The molecule has 2 aromatic carbocycles. The minimum absolute atomic E-state index is 0. The Kier molecular flexibility index (Phi) is 9.06. The highest BCUT2D eigenvalue weighted by Crippen LogP contribution is 2.39. The van der Waals surface area contributed by atoms with Crippen LogP contribution in [0.3, 0.4) is 0 Å². The van der Waals surface area contributed by atoms with Crippen molar-refractivity contribution in [3.63, 3.8) is 0 Å². The molecule has 0 unspecified atom stereocenters. The number of rotatable bonds is 9.